The number of nitrogens with one attached hydrogen (secondary N) is 2. The van der Waals surface area contributed by atoms with Gasteiger partial charge in [-0.05, 0) is 36.8 Å². The SMILES string of the molecule is CCNC(=NCc1cccc(OC)c1OC)NCC(O)c1cc(Cl)cc(Cl)c1. The fourth-order valence-electron chi connectivity index (χ4n) is 2.66. The molecule has 2 aromatic carbocycles. The number of methoxy groups -OCH3 is 2. The molecule has 0 saturated heterocycles. The smallest absolute Gasteiger partial charge is 0.191 e. The van der Waals surface area contributed by atoms with Gasteiger partial charge in [-0.25, -0.2) is 4.99 Å². The van der Waals surface area contributed by atoms with Crippen LogP contribution in [0.4, 0.5) is 0 Å². The van der Waals surface area contributed by atoms with Gasteiger partial charge < -0.3 is 25.2 Å². The van der Waals surface area contributed by atoms with E-state index in [2.05, 4.69) is 15.6 Å². The molecule has 152 valence electrons. The van der Waals surface area contributed by atoms with E-state index in [0.29, 0.717) is 46.2 Å². The Bertz CT molecular complexity index is 795. The quantitative estimate of drug-likeness (QED) is 0.442. The van der Waals surface area contributed by atoms with Crippen molar-refractivity contribution in [3.63, 3.8) is 0 Å². The number of aliphatic imine (C=N–C) groups is 1. The summed E-state index contributed by atoms with van der Waals surface area (Å²) < 4.78 is 10.8. The maximum atomic E-state index is 10.4. The van der Waals surface area contributed by atoms with Crippen LogP contribution in [0.1, 0.15) is 24.2 Å². The number of halogens is 2. The van der Waals surface area contributed by atoms with Crippen molar-refractivity contribution >= 4 is 29.2 Å². The number of ether oxygens (including phenoxy) is 2. The van der Waals surface area contributed by atoms with Crippen LogP contribution in [-0.4, -0.2) is 38.4 Å². The Morgan fingerprint density at radius 1 is 1.11 bits per heavy atom. The van der Waals surface area contributed by atoms with E-state index in [9.17, 15) is 5.11 Å². The number of nitrogens with zero attached hydrogens (tertiary/aromatic N) is 1. The Balaban J connectivity index is 2.08. The van der Waals surface area contributed by atoms with Gasteiger partial charge in [-0.15, -0.1) is 0 Å². The maximum Gasteiger partial charge on any atom is 0.191 e. The van der Waals surface area contributed by atoms with Gasteiger partial charge in [0, 0.05) is 28.7 Å². The molecule has 0 aromatic heterocycles. The van der Waals surface area contributed by atoms with Gasteiger partial charge in [0.05, 0.1) is 26.9 Å². The van der Waals surface area contributed by atoms with Crippen molar-refractivity contribution in [1.82, 2.24) is 10.6 Å². The number of hydrogen-bond donors (Lipinski definition) is 3. The second-order valence-corrected chi connectivity index (χ2v) is 6.82. The summed E-state index contributed by atoms with van der Waals surface area (Å²) in [6.45, 7) is 3.28. The summed E-state index contributed by atoms with van der Waals surface area (Å²) >= 11 is 12.0. The molecule has 1 atom stereocenters. The number of hydrogen-bond acceptors (Lipinski definition) is 4. The molecular formula is C20H25Cl2N3O3. The molecule has 2 aromatic rings. The van der Waals surface area contributed by atoms with Crippen molar-refractivity contribution in [1.29, 1.82) is 0 Å². The van der Waals surface area contributed by atoms with Crippen LogP contribution in [0.5, 0.6) is 11.5 Å². The molecule has 1 unspecified atom stereocenters. The normalized spacial score (nSPS) is 12.4. The molecule has 0 aliphatic carbocycles. The monoisotopic (exact) mass is 425 g/mol. The van der Waals surface area contributed by atoms with Gasteiger partial charge >= 0.3 is 0 Å². The average Bonchev–Trinajstić information content (AvgIpc) is 2.68. The number of aliphatic hydroxyl groups excluding tert-OH is 1. The molecule has 0 aliphatic rings. The van der Waals surface area contributed by atoms with E-state index >= 15 is 0 Å². The van der Waals surface area contributed by atoms with Crippen LogP contribution in [0.3, 0.4) is 0 Å². The lowest BCUT2D eigenvalue weighted by Crippen LogP contribution is -2.39. The van der Waals surface area contributed by atoms with E-state index in [-0.39, 0.29) is 6.54 Å². The molecule has 0 radical (unpaired) electrons. The topological polar surface area (TPSA) is 75.1 Å². The summed E-state index contributed by atoms with van der Waals surface area (Å²) in [6.07, 6.45) is -0.786. The van der Waals surface area contributed by atoms with Crippen LogP contribution in [0.25, 0.3) is 0 Å². The third-order valence-corrected chi connectivity index (χ3v) is 4.41. The molecule has 0 aliphatic heterocycles. The van der Waals surface area contributed by atoms with E-state index in [4.69, 9.17) is 32.7 Å². The van der Waals surface area contributed by atoms with Crippen LogP contribution in [0, 0.1) is 0 Å². The van der Waals surface area contributed by atoms with E-state index in [1.165, 1.54) is 0 Å². The first kappa shape index (κ1) is 22.1. The molecule has 0 amide bonds. The second kappa shape index (κ2) is 11.0. The third-order valence-electron chi connectivity index (χ3n) is 3.97. The van der Waals surface area contributed by atoms with E-state index in [1.54, 1.807) is 32.4 Å². The number of rotatable bonds is 8. The molecule has 0 saturated carbocycles. The number of benzene rings is 2. The zero-order valence-corrected chi connectivity index (χ0v) is 17.6. The first-order chi connectivity index (χ1) is 13.5. The lowest BCUT2D eigenvalue weighted by Gasteiger charge is -2.16. The van der Waals surface area contributed by atoms with Crippen molar-refractivity contribution in [2.75, 3.05) is 27.3 Å². The Labute approximate surface area is 175 Å². The van der Waals surface area contributed by atoms with E-state index in [1.807, 2.05) is 25.1 Å². The Hall–Kier alpha value is -2.15. The van der Waals surface area contributed by atoms with Crippen LogP contribution in [0.2, 0.25) is 10.0 Å². The molecular weight excluding hydrogens is 401 g/mol. The second-order valence-electron chi connectivity index (χ2n) is 5.95. The van der Waals surface area contributed by atoms with Gasteiger partial charge in [-0.1, -0.05) is 35.3 Å². The zero-order valence-electron chi connectivity index (χ0n) is 16.1. The predicted molar refractivity (Wildman–Crippen MR) is 114 cm³/mol. The zero-order chi connectivity index (χ0) is 20.5. The summed E-state index contributed by atoms with van der Waals surface area (Å²) in [6, 6.07) is 10.6. The van der Waals surface area contributed by atoms with Crippen molar-refractivity contribution in [2.45, 2.75) is 19.6 Å². The van der Waals surface area contributed by atoms with Crippen molar-refractivity contribution in [3.8, 4) is 11.5 Å². The van der Waals surface area contributed by atoms with Crippen LogP contribution in [0.15, 0.2) is 41.4 Å². The minimum Gasteiger partial charge on any atom is -0.493 e. The van der Waals surface area contributed by atoms with Crippen LogP contribution < -0.4 is 20.1 Å². The Kier molecular flexibility index (Phi) is 8.70. The van der Waals surface area contributed by atoms with Gasteiger partial charge in [-0.2, -0.15) is 0 Å². The molecule has 6 nitrogen and oxygen atoms in total. The van der Waals surface area contributed by atoms with Crippen molar-refractivity contribution in [2.24, 2.45) is 4.99 Å². The van der Waals surface area contributed by atoms with Crippen LogP contribution in [-0.2, 0) is 6.54 Å². The number of aliphatic hydroxyl groups is 1. The molecule has 2 rings (SSSR count). The highest BCUT2D eigenvalue weighted by Crippen LogP contribution is 2.31. The van der Waals surface area contributed by atoms with Gasteiger partial charge in [0.25, 0.3) is 0 Å². The highest BCUT2D eigenvalue weighted by molar-refractivity contribution is 6.34. The molecule has 0 fully saturated rings. The Morgan fingerprint density at radius 3 is 2.43 bits per heavy atom. The molecule has 0 spiro atoms. The molecule has 0 heterocycles. The summed E-state index contributed by atoms with van der Waals surface area (Å²) in [5.41, 5.74) is 1.52. The van der Waals surface area contributed by atoms with Gasteiger partial charge in [-0.3, -0.25) is 0 Å². The third kappa shape index (κ3) is 6.19. The summed E-state index contributed by atoms with van der Waals surface area (Å²) in [5.74, 6) is 1.87. The highest BCUT2D eigenvalue weighted by atomic mass is 35.5. The minimum absolute atomic E-state index is 0.248. The van der Waals surface area contributed by atoms with Crippen LogP contribution >= 0.6 is 23.2 Å². The first-order valence-electron chi connectivity index (χ1n) is 8.84. The standard InChI is InChI=1S/C20H25Cl2N3O3/c1-4-23-20(24-11-13-6-5-7-18(27-2)19(13)28-3)25-12-17(26)14-8-15(21)10-16(22)9-14/h5-10,17,26H,4,11-12H2,1-3H3,(H2,23,24,25). The number of guanidine groups is 1. The van der Waals surface area contributed by atoms with Gasteiger partial charge in [0.2, 0.25) is 0 Å². The minimum atomic E-state index is -0.786. The fraction of sp³-hybridized carbons (Fsp3) is 0.350. The largest absolute Gasteiger partial charge is 0.493 e. The predicted octanol–water partition coefficient (Wildman–Crippen LogP) is 3.80. The number of para-hydroxylation sites is 1. The Morgan fingerprint density at radius 2 is 1.82 bits per heavy atom. The lowest BCUT2D eigenvalue weighted by atomic mass is 10.1. The van der Waals surface area contributed by atoms with Gasteiger partial charge in [0.15, 0.2) is 17.5 Å². The molecule has 8 heteroatoms. The van der Waals surface area contributed by atoms with Crippen molar-refractivity contribution < 1.29 is 14.6 Å². The highest BCUT2D eigenvalue weighted by Gasteiger charge is 2.12. The maximum absolute atomic E-state index is 10.4. The molecule has 28 heavy (non-hydrogen) atoms. The fourth-order valence-corrected chi connectivity index (χ4v) is 3.21. The lowest BCUT2D eigenvalue weighted by molar-refractivity contribution is 0.181. The summed E-state index contributed by atoms with van der Waals surface area (Å²) in [5, 5.41) is 17.7. The van der Waals surface area contributed by atoms with E-state index in [0.717, 1.165) is 5.56 Å². The molecule has 3 N–H and O–H groups in total. The van der Waals surface area contributed by atoms with Crippen molar-refractivity contribution in [3.05, 3.63) is 57.6 Å². The van der Waals surface area contributed by atoms with E-state index < -0.39 is 6.10 Å². The molecule has 0 bridgehead atoms. The average molecular weight is 426 g/mol. The summed E-state index contributed by atoms with van der Waals surface area (Å²) in [4.78, 5) is 4.56. The first-order valence-corrected chi connectivity index (χ1v) is 9.60. The van der Waals surface area contributed by atoms with Gasteiger partial charge in [0.1, 0.15) is 0 Å². The summed E-state index contributed by atoms with van der Waals surface area (Å²) in [7, 11) is 3.20.